The molecule has 39 heavy (non-hydrogen) atoms. The van der Waals surface area contributed by atoms with E-state index in [2.05, 4.69) is 20.6 Å². The summed E-state index contributed by atoms with van der Waals surface area (Å²) in [6, 6.07) is 0. The summed E-state index contributed by atoms with van der Waals surface area (Å²) in [4.78, 5) is 63.8. The SMILES string of the molecule is CC(C)CCC(=O)C1=C(CC(=O)N(C)Cc2nc(-c3nc(C(=O)NCCN(C)C)cs3)cs2)C2(CC2)NC1=O. The van der Waals surface area contributed by atoms with Gasteiger partial charge in [-0.25, -0.2) is 9.97 Å². The van der Waals surface area contributed by atoms with Gasteiger partial charge in [0.25, 0.3) is 11.8 Å². The Morgan fingerprint density at radius 1 is 1.13 bits per heavy atom. The van der Waals surface area contributed by atoms with Crippen molar-refractivity contribution in [1.29, 1.82) is 0 Å². The molecule has 0 saturated heterocycles. The highest BCUT2D eigenvalue weighted by Crippen LogP contribution is 2.49. The number of amides is 3. The van der Waals surface area contributed by atoms with Crippen molar-refractivity contribution in [2.24, 2.45) is 5.92 Å². The molecule has 12 heteroatoms. The number of carbonyl (C=O) groups excluding carboxylic acids is 4. The number of hydrogen-bond donors (Lipinski definition) is 2. The zero-order chi connectivity index (χ0) is 28.3. The van der Waals surface area contributed by atoms with Gasteiger partial charge in [-0.2, -0.15) is 0 Å². The molecule has 2 aliphatic rings. The molecule has 2 aromatic heterocycles. The Hall–Kier alpha value is -2.96. The second kappa shape index (κ2) is 12.1. The first kappa shape index (κ1) is 29.0. The molecule has 0 atom stereocenters. The Morgan fingerprint density at radius 3 is 2.54 bits per heavy atom. The largest absolute Gasteiger partial charge is 0.349 e. The van der Waals surface area contributed by atoms with Crippen molar-refractivity contribution in [3.8, 4) is 10.7 Å². The number of Topliss-reactive ketones (excluding diaryl/α,β-unsaturated/α-hetero) is 1. The molecular formula is C27H36N6O4S2. The van der Waals surface area contributed by atoms with Crippen LogP contribution in [0.5, 0.6) is 0 Å². The summed E-state index contributed by atoms with van der Waals surface area (Å²) in [5.41, 5.74) is 1.34. The van der Waals surface area contributed by atoms with Crippen LogP contribution in [0.3, 0.4) is 0 Å². The normalized spacial score (nSPS) is 15.8. The summed E-state index contributed by atoms with van der Waals surface area (Å²) >= 11 is 2.77. The topological polar surface area (TPSA) is 125 Å². The third-order valence-corrected chi connectivity index (χ3v) is 8.61. The van der Waals surface area contributed by atoms with Crippen molar-refractivity contribution in [2.75, 3.05) is 34.2 Å². The fraction of sp³-hybridized carbons (Fsp3) is 0.556. The molecular weight excluding hydrogens is 536 g/mol. The third kappa shape index (κ3) is 6.98. The van der Waals surface area contributed by atoms with Crippen LogP contribution in [0.15, 0.2) is 21.9 Å². The molecule has 0 aromatic carbocycles. The van der Waals surface area contributed by atoms with Crippen LogP contribution in [0.1, 0.15) is 61.4 Å². The predicted octanol–water partition coefficient (Wildman–Crippen LogP) is 2.87. The maximum atomic E-state index is 13.2. The second-order valence-electron chi connectivity index (χ2n) is 10.9. The van der Waals surface area contributed by atoms with Crippen molar-refractivity contribution in [3.05, 3.63) is 32.6 Å². The number of carbonyl (C=O) groups is 4. The summed E-state index contributed by atoms with van der Waals surface area (Å²) in [7, 11) is 5.59. The molecule has 0 bridgehead atoms. The van der Waals surface area contributed by atoms with E-state index in [1.807, 2.05) is 38.2 Å². The zero-order valence-corrected chi connectivity index (χ0v) is 24.8. The van der Waals surface area contributed by atoms with Crippen LogP contribution in [0, 0.1) is 5.92 Å². The molecule has 1 saturated carbocycles. The highest BCUT2D eigenvalue weighted by molar-refractivity contribution is 7.14. The first-order valence-corrected chi connectivity index (χ1v) is 14.9. The Balaban J connectivity index is 1.38. The van der Waals surface area contributed by atoms with Gasteiger partial charge >= 0.3 is 0 Å². The Bertz CT molecular complexity index is 1290. The van der Waals surface area contributed by atoms with Crippen LogP contribution in [0.4, 0.5) is 0 Å². The summed E-state index contributed by atoms with van der Waals surface area (Å²) in [6.45, 7) is 5.66. The lowest BCUT2D eigenvalue weighted by atomic mass is 9.93. The number of hydrogen-bond acceptors (Lipinski definition) is 9. The van der Waals surface area contributed by atoms with E-state index in [0.29, 0.717) is 53.8 Å². The first-order chi connectivity index (χ1) is 18.5. The molecule has 2 N–H and O–H groups in total. The van der Waals surface area contributed by atoms with Gasteiger partial charge in [0.2, 0.25) is 5.91 Å². The van der Waals surface area contributed by atoms with E-state index in [4.69, 9.17) is 0 Å². The van der Waals surface area contributed by atoms with Gasteiger partial charge in [0, 0.05) is 37.3 Å². The quantitative estimate of drug-likeness (QED) is 0.354. The lowest BCUT2D eigenvalue weighted by Gasteiger charge is -2.19. The maximum absolute atomic E-state index is 13.2. The highest BCUT2D eigenvalue weighted by Gasteiger charge is 2.55. The summed E-state index contributed by atoms with van der Waals surface area (Å²) in [5.74, 6) is -0.538. The predicted molar refractivity (Wildman–Crippen MR) is 151 cm³/mol. The number of ketones is 1. The summed E-state index contributed by atoms with van der Waals surface area (Å²) in [6.07, 6.45) is 2.56. The van der Waals surface area contributed by atoms with Crippen molar-refractivity contribution in [1.82, 2.24) is 30.4 Å². The maximum Gasteiger partial charge on any atom is 0.270 e. The van der Waals surface area contributed by atoms with E-state index in [9.17, 15) is 19.2 Å². The second-order valence-corrected chi connectivity index (χ2v) is 12.7. The minimum atomic E-state index is -0.522. The van der Waals surface area contributed by atoms with Crippen LogP contribution < -0.4 is 10.6 Å². The molecule has 10 nitrogen and oxygen atoms in total. The van der Waals surface area contributed by atoms with E-state index in [0.717, 1.165) is 24.4 Å². The molecule has 1 spiro atoms. The standard InChI is InChI=1S/C27H36N6O4S2/c1-16(2)6-7-20(34)23-17(27(8-9-27)31-25(23)37)12-22(35)33(5)13-21-29-19(15-38-21)26-30-18(14-39-26)24(36)28-10-11-32(3)4/h14-16H,6-13H2,1-5H3,(H,28,36)(H,31,37). The molecule has 0 radical (unpaired) electrons. The average molecular weight is 573 g/mol. The van der Waals surface area contributed by atoms with Crippen molar-refractivity contribution < 1.29 is 19.2 Å². The Labute approximate surface area is 236 Å². The molecule has 3 heterocycles. The van der Waals surface area contributed by atoms with Crippen molar-refractivity contribution in [2.45, 2.75) is 58.0 Å². The number of nitrogens with zero attached hydrogens (tertiary/aromatic N) is 4. The van der Waals surface area contributed by atoms with Gasteiger partial charge < -0.3 is 20.4 Å². The van der Waals surface area contributed by atoms with E-state index in [-0.39, 0.29) is 35.5 Å². The molecule has 1 aliphatic carbocycles. The van der Waals surface area contributed by atoms with Gasteiger partial charge in [-0.15, -0.1) is 22.7 Å². The van der Waals surface area contributed by atoms with Crippen LogP contribution >= 0.6 is 22.7 Å². The smallest absolute Gasteiger partial charge is 0.270 e. The van der Waals surface area contributed by atoms with Gasteiger partial charge in [-0.1, -0.05) is 13.8 Å². The number of aromatic nitrogens is 2. The van der Waals surface area contributed by atoms with Crippen LogP contribution in [-0.4, -0.2) is 83.0 Å². The number of nitrogens with one attached hydrogen (secondary N) is 2. The van der Waals surface area contributed by atoms with E-state index in [1.165, 1.54) is 22.7 Å². The van der Waals surface area contributed by atoms with Gasteiger partial charge in [0.15, 0.2) is 5.78 Å². The number of thiazole rings is 2. The lowest BCUT2D eigenvalue weighted by Crippen LogP contribution is -2.33. The third-order valence-electron chi connectivity index (χ3n) is 6.92. The molecule has 0 unspecified atom stereocenters. The summed E-state index contributed by atoms with van der Waals surface area (Å²) in [5, 5.41) is 10.8. The monoisotopic (exact) mass is 572 g/mol. The van der Waals surface area contributed by atoms with Crippen LogP contribution in [0.2, 0.25) is 0 Å². The van der Waals surface area contributed by atoms with Crippen molar-refractivity contribution in [3.63, 3.8) is 0 Å². The zero-order valence-electron chi connectivity index (χ0n) is 23.1. The average Bonchev–Trinajstić information content (AvgIpc) is 3.20. The van der Waals surface area contributed by atoms with E-state index >= 15 is 0 Å². The van der Waals surface area contributed by atoms with Crippen LogP contribution in [0.25, 0.3) is 10.7 Å². The molecule has 1 aliphatic heterocycles. The fourth-order valence-corrected chi connectivity index (χ4v) is 6.08. The van der Waals surface area contributed by atoms with Gasteiger partial charge in [0.05, 0.1) is 24.1 Å². The lowest BCUT2D eigenvalue weighted by molar-refractivity contribution is -0.129. The Morgan fingerprint density at radius 2 is 1.87 bits per heavy atom. The minimum absolute atomic E-state index is 0.0367. The van der Waals surface area contributed by atoms with Crippen LogP contribution in [-0.2, 0) is 20.9 Å². The molecule has 3 amide bonds. The fourth-order valence-electron chi connectivity index (χ4n) is 4.42. The van der Waals surface area contributed by atoms with Gasteiger partial charge in [-0.05, 0) is 44.8 Å². The molecule has 210 valence electrons. The highest BCUT2D eigenvalue weighted by atomic mass is 32.1. The van der Waals surface area contributed by atoms with Gasteiger partial charge in [0.1, 0.15) is 21.4 Å². The van der Waals surface area contributed by atoms with E-state index < -0.39 is 5.54 Å². The molecule has 4 rings (SSSR count). The molecule has 1 fully saturated rings. The number of rotatable bonds is 13. The Kier molecular flexibility index (Phi) is 8.97. The van der Waals surface area contributed by atoms with Gasteiger partial charge in [-0.3, -0.25) is 19.2 Å². The van der Waals surface area contributed by atoms with E-state index in [1.54, 1.807) is 17.3 Å². The summed E-state index contributed by atoms with van der Waals surface area (Å²) < 4.78 is 0. The number of likely N-dealkylation sites (N-methyl/N-ethyl adjacent to an activating group) is 1. The first-order valence-electron chi connectivity index (χ1n) is 13.2. The minimum Gasteiger partial charge on any atom is -0.349 e. The molecule has 2 aromatic rings. The van der Waals surface area contributed by atoms with Crippen molar-refractivity contribution >= 4 is 46.2 Å².